The molecule has 1 rings (SSSR count). The van der Waals surface area contributed by atoms with Gasteiger partial charge in [0, 0.05) is 13.1 Å². The highest BCUT2D eigenvalue weighted by molar-refractivity contribution is 4.89. The Balaban J connectivity index is 1.88. The molecular weight excluding hydrogens is 158 g/mol. The predicted molar refractivity (Wildman–Crippen MR) is 45.1 cm³/mol. The maximum Gasteiger partial charge on any atom is 0.0903 e. The average molecular weight is 175 g/mol. The summed E-state index contributed by atoms with van der Waals surface area (Å²) in [6.07, 6.45) is 0. The molecule has 0 aromatic carbocycles. The zero-order valence-corrected chi connectivity index (χ0v) is 7.51. The summed E-state index contributed by atoms with van der Waals surface area (Å²) in [7, 11) is 0. The molecule has 0 bridgehead atoms. The van der Waals surface area contributed by atoms with Gasteiger partial charge in [-0.2, -0.15) is 0 Å². The summed E-state index contributed by atoms with van der Waals surface area (Å²) in [6, 6.07) is 0. The smallest absolute Gasteiger partial charge is 0.0903 e. The molecule has 0 aromatic rings. The number of hydrogen-bond acceptors (Lipinski definition) is 4. The second-order valence-corrected chi connectivity index (χ2v) is 3.24. The second-order valence-electron chi connectivity index (χ2n) is 3.24. The van der Waals surface area contributed by atoms with Gasteiger partial charge in [-0.05, 0) is 6.92 Å². The predicted octanol–water partition coefficient (Wildman–Crippen LogP) is -0.626. The summed E-state index contributed by atoms with van der Waals surface area (Å²) in [4.78, 5) is 0. The minimum absolute atomic E-state index is 0.0164. The SMILES string of the molecule is CC1(OCCOCCO)CNC1. The van der Waals surface area contributed by atoms with Gasteiger partial charge in [-0.25, -0.2) is 0 Å². The van der Waals surface area contributed by atoms with E-state index in [0.717, 1.165) is 13.1 Å². The Bertz CT molecular complexity index is 125. The summed E-state index contributed by atoms with van der Waals surface area (Å²) in [5, 5.41) is 11.6. The molecule has 2 N–H and O–H groups in total. The lowest BCUT2D eigenvalue weighted by molar-refractivity contribution is -0.0861. The quantitative estimate of drug-likeness (QED) is 0.528. The molecular formula is C8H17NO3. The molecule has 0 atom stereocenters. The van der Waals surface area contributed by atoms with Gasteiger partial charge < -0.3 is 19.9 Å². The van der Waals surface area contributed by atoms with Crippen LogP contribution >= 0.6 is 0 Å². The van der Waals surface area contributed by atoms with Crippen molar-refractivity contribution in [2.75, 3.05) is 39.5 Å². The van der Waals surface area contributed by atoms with Crippen LogP contribution in [0.4, 0.5) is 0 Å². The first kappa shape index (κ1) is 9.92. The van der Waals surface area contributed by atoms with Crippen LogP contribution in [0.2, 0.25) is 0 Å². The maximum atomic E-state index is 8.41. The molecule has 0 amide bonds. The summed E-state index contributed by atoms with van der Waals surface area (Å²) in [6.45, 7) is 5.58. The largest absolute Gasteiger partial charge is 0.394 e. The van der Waals surface area contributed by atoms with Crippen LogP contribution in [-0.2, 0) is 9.47 Å². The Morgan fingerprint density at radius 2 is 2.08 bits per heavy atom. The number of rotatable bonds is 6. The molecule has 0 unspecified atom stereocenters. The van der Waals surface area contributed by atoms with Crippen molar-refractivity contribution in [2.45, 2.75) is 12.5 Å². The second kappa shape index (κ2) is 4.77. The third kappa shape index (κ3) is 3.06. The van der Waals surface area contributed by atoms with Crippen molar-refractivity contribution in [3.05, 3.63) is 0 Å². The van der Waals surface area contributed by atoms with E-state index in [0.29, 0.717) is 19.8 Å². The lowest BCUT2D eigenvalue weighted by atomic mass is 10.0. The first-order valence-electron chi connectivity index (χ1n) is 4.30. The van der Waals surface area contributed by atoms with Crippen LogP contribution in [-0.4, -0.2) is 50.2 Å². The first-order chi connectivity index (χ1) is 5.77. The number of aliphatic hydroxyl groups excluding tert-OH is 1. The van der Waals surface area contributed by atoms with Gasteiger partial charge in [0.05, 0.1) is 32.0 Å². The van der Waals surface area contributed by atoms with Crippen molar-refractivity contribution in [3.8, 4) is 0 Å². The molecule has 1 heterocycles. The van der Waals surface area contributed by atoms with E-state index in [4.69, 9.17) is 14.6 Å². The summed E-state index contributed by atoms with van der Waals surface area (Å²) < 4.78 is 10.6. The lowest BCUT2D eigenvalue weighted by Gasteiger charge is -2.39. The number of nitrogens with one attached hydrogen (secondary N) is 1. The zero-order valence-electron chi connectivity index (χ0n) is 7.51. The molecule has 1 saturated heterocycles. The normalized spacial score (nSPS) is 20.5. The van der Waals surface area contributed by atoms with E-state index >= 15 is 0 Å². The van der Waals surface area contributed by atoms with Gasteiger partial charge in [-0.15, -0.1) is 0 Å². The summed E-state index contributed by atoms with van der Waals surface area (Å²) in [5.74, 6) is 0. The zero-order chi connectivity index (χ0) is 8.86. The average Bonchev–Trinajstić information content (AvgIpc) is 2.01. The Labute approximate surface area is 72.9 Å². The highest BCUT2D eigenvalue weighted by atomic mass is 16.5. The van der Waals surface area contributed by atoms with E-state index in [1.165, 1.54) is 0 Å². The van der Waals surface area contributed by atoms with Crippen LogP contribution in [0.15, 0.2) is 0 Å². The van der Waals surface area contributed by atoms with Crippen molar-refractivity contribution in [3.63, 3.8) is 0 Å². The summed E-state index contributed by atoms with van der Waals surface area (Å²) >= 11 is 0. The van der Waals surface area contributed by atoms with Crippen molar-refractivity contribution < 1.29 is 14.6 Å². The Morgan fingerprint density at radius 3 is 2.58 bits per heavy atom. The standard InChI is InChI=1S/C8H17NO3/c1-8(6-9-7-8)12-5-4-11-3-2-10/h9-10H,2-7H2,1H3. The fourth-order valence-electron chi connectivity index (χ4n) is 1.09. The molecule has 72 valence electrons. The minimum atomic E-state index is 0.0164. The van der Waals surface area contributed by atoms with Gasteiger partial charge in [0.15, 0.2) is 0 Å². The molecule has 0 spiro atoms. The third-order valence-electron chi connectivity index (χ3n) is 1.91. The molecule has 0 aliphatic carbocycles. The fraction of sp³-hybridized carbons (Fsp3) is 1.00. The third-order valence-corrected chi connectivity index (χ3v) is 1.91. The Morgan fingerprint density at radius 1 is 1.33 bits per heavy atom. The molecule has 0 radical (unpaired) electrons. The number of aliphatic hydroxyl groups is 1. The first-order valence-corrected chi connectivity index (χ1v) is 4.30. The van der Waals surface area contributed by atoms with Gasteiger partial charge in [-0.1, -0.05) is 0 Å². The Hall–Kier alpha value is -0.160. The number of ether oxygens (including phenoxy) is 2. The van der Waals surface area contributed by atoms with Gasteiger partial charge in [0.1, 0.15) is 0 Å². The molecule has 1 fully saturated rings. The Kier molecular flexibility index (Phi) is 3.94. The molecule has 0 aromatic heterocycles. The minimum Gasteiger partial charge on any atom is -0.394 e. The van der Waals surface area contributed by atoms with Crippen LogP contribution in [0.1, 0.15) is 6.92 Å². The monoisotopic (exact) mass is 175 g/mol. The maximum absolute atomic E-state index is 8.41. The van der Waals surface area contributed by atoms with Crippen LogP contribution in [0.25, 0.3) is 0 Å². The molecule has 0 saturated carbocycles. The van der Waals surface area contributed by atoms with Crippen molar-refractivity contribution in [1.82, 2.24) is 5.32 Å². The molecule has 4 nitrogen and oxygen atoms in total. The van der Waals surface area contributed by atoms with E-state index in [9.17, 15) is 0 Å². The van der Waals surface area contributed by atoms with E-state index < -0.39 is 0 Å². The topological polar surface area (TPSA) is 50.7 Å². The van der Waals surface area contributed by atoms with Gasteiger partial charge in [0.2, 0.25) is 0 Å². The van der Waals surface area contributed by atoms with Gasteiger partial charge in [0.25, 0.3) is 0 Å². The fourth-order valence-corrected chi connectivity index (χ4v) is 1.09. The van der Waals surface area contributed by atoms with Gasteiger partial charge in [-0.3, -0.25) is 0 Å². The van der Waals surface area contributed by atoms with E-state index in [1.807, 2.05) is 0 Å². The van der Waals surface area contributed by atoms with Crippen molar-refractivity contribution in [1.29, 1.82) is 0 Å². The highest BCUT2D eigenvalue weighted by Crippen LogP contribution is 2.14. The molecule has 4 heteroatoms. The summed E-state index contributed by atoms with van der Waals surface area (Å²) in [5.41, 5.74) is 0.0164. The van der Waals surface area contributed by atoms with Crippen LogP contribution < -0.4 is 5.32 Å². The van der Waals surface area contributed by atoms with Gasteiger partial charge >= 0.3 is 0 Å². The number of hydrogen-bond donors (Lipinski definition) is 2. The van der Waals surface area contributed by atoms with Crippen molar-refractivity contribution in [2.24, 2.45) is 0 Å². The van der Waals surface area contributed by atoms with Crippen molar-refractivity contribution >= 4 is 0 Å². The molecule has 1 aliphatic heterocycles. The van der Waals surface area contributed by atoms with E-state index in [2.05, 4.69) is 12.2 Å². The molecule has 1 aliphatic rings. The van der Waals surface area contributed by atoms with Crippen LogP contribution in [0, 0.1) is 0 Å². The van der Waals surface area contributed by atoms with E-state index in [1.54, 1.807) is 0 Å². The van der Waals surface area contributed by atoms with Crippen LogP contribution in [0.3, 0.4) is 0 Å². The highest BCUT2D eigenvalue weighted by Gasteiger charge is 2.31. The van der Waals surface area contributed by atoms with E-state index in [-0.39, 0.29) is 12.2 Å². The van der Waals surface area contributed by atoms with Crippen LogP contribution in [0.5, 0.6) is 0 Å². The lowest BCUT2D eigenvalue weighted by Crippen LogP contribution is -2.59. The molecule has 12 heavy (non-hydrogen) atoms.